The lowest BCUT2D eigenvalue weighted by Crippen LogP contribution is -2.52. The summed E-state index contributed by atoms with van der Waals surface area (Å²) in [7, 11) is 1.79. The Morgan fingerprint density at radius 3 is 2.68 bits per heavy atom. The van der Waals surface area contributed by atoms with Crippen molar-refractivity contribution >= 4 is 23.2 Å². The number of hydrogen-bond acceptors (Lipinski definition) is 5. The molecule has 1 N–H and O–H groups in total. The standard InChI is InChI=1S/C17H23ClN6O/c1-12-4-5-14(18)10-15(12)23-6-8-24(9-7-23)17(19-3)20-11-16-21-13(2)22-25-16/h4-5,10H,6-9,11H2,1-3H3,(H,19,20). The number of aliphatic imine (C=N–C) groups is 1. The molecule has 0 radical (unpaired) electrons. The number of piperazine rings is 1. The second-order valence-corrected chi connectivity index (χ2v) is 6.48. The number of aryl methyl sites for hydroxylation is 2. The molecule has 8 heteroatoms. The van der Waals surface area contributed by atoms with Crippen LogP contribution in [-0.2, 0) is 6.54 Å². The molecule has 0 spiro atoms. The highest BCUT2D eigenvalue weighted by Crippen LogP contribution is 2.25. The van der Waals surface area contributed by atoms with Crippen molar-refractivity contribution < 1.29 is 4.52 Å². The lowest BCUT2D eigenvalue weighted by atomic mass is 10.1. The number of halogens is 1. The summed E-state index contributed by atoms with van der Waals surface area (Å²) in [6.45, 7) is 8.00. The number of rotatable bonds is 3. The Kier molecular flexibility index (Phi) is 5.43. The third-order valence-corrected chi connectivity index (χ3v) is 4.51. The number of benzene rings is 1. The summed E-state index contributed by atoms with van der Waals surface area (Å²) < 4.78 is 5.13. The molecular formula is C17H23ClN6O. The van der Waals surface area contributed by atoms with Gasteiger partial charge in [0.15, 0.2) is 11.8 Å². The first kappa shape index (κ1) is 17.5. The minimum Gasteiger partial charge on any atom is -0.368 e. The SMILES string of the molecule is CN=C(NCc1nc(C)no1)N1CCN(c2cc(Cl)ccc2C)CC1. The molecule has 25 heavy (non-hydrogen) atoms. The Bertz CT molecular complexity index is 751. The maximum Gasteiger partial charge on any atom is 0.246 e. The van der Waals surface area contributed by atoms with Gasteiger partial charge in [0.2, 0.25) is 5.89 Å². The summed E-state index contributed by atoms with van der Waals surface area (Å²) in [5, 5.41) is 7.85. The van der Waals surface area contributed by atoms with E-state index in [-0.39, 0.29) is 0 Å². The highest BCUT2D eigenvalue weighted by Gasteiger charge is 2.21. The van der Waals surface area contributed by atoms with Crippen molar-refractivity contribution in [3.8, 4) is 0 Å². The molecule has 1 fully saturated rings. The van der Waals surface area contributed by atoms with E-state index >= 15 is 0 Å². The van der Waals surface area contributed by atoms with Crippen molar-refractivity contribution in [3.63, 3.8) is 0 Å². The van der Waals surface area contributed by atoms with Crippen LogP contribution in [0.2, 0.25) is 5.02 Å². The summed E-state index contributed by atoms with van der Waals surface area (Å²) in [4.78, 5) is 13.2. The molecule has 1 aliphatic heterocycles. The maximum absolute atomic E-state index is 6.15. The second-order valence-electron chi connectivity index (χ2n) is 6.04. The summed E-state index contributed by atoms with van der Waals surface area (Å²) >= 11 is 6.15. The Balaban J connectivity index is 1.57. The van der Waals surface area contributed by atoms with Crippen LogP contribution >= 0.6 is 11.6 Å². The van der Waals surface area contributed by atoms with Gasteiger partial charge in [0.1, 0.15) is 0 Å². The van der Waals surface area contributed by atoms with E-state index in [1.807, 2.05) is 12.1 Å². The predicted molar refractivity (Wildman–Crippen MR) is 99.2 cm³/mol. The molecule has 0 unspecified atom stereocenters. The fraction of sp³-hybridized carbons (Fsp3) is 0.471. The van der Waals surface area contributed by atoms with Crippen LogP contribution in [0.1, 0.15) is 17.3 Å². The van der Waals surface area contributed by atoms with E-state index in [0.717, 1.165) is 37.2 Å². The molecular weight excluding hydrogens is 340 g/mol. The van der Waals surface area contributed by atoms with Gasteiger partial charge in [-0.05, 0) is 31.5 Å². The summed E-state index contributed by atoms with van der Waals surface area (Å²) in [6, 6.07) is 6.04. The smallest absolute Gasteiger partial charge is 0.246 e. The highest BCUT2D eigenvalue weighted by atomic mass is 35.5. The van der Waals surface area contributed by atoms with Gasteiger partial charge in [-0.15, -0.1) is 0 Å². The van der Waals surface area contributed by atoms with Crippen molar-refractivity contribution in [1.29, 1.82) is 0 Å². The Morgan fingerprint density at radius 1 is 1.28 bits per heavy atom. The van der Waals surface area contributed by atoms with Crippen LogP contribution in [0.25, 0.3) is 0 Å². The predicted octanol–water partition coefficient (Wildman–Crippen LogP) is 2.24. The molecule has 1 aromatic carbocycles. The number of aromatic nitrogens is 2. The van der Waals surface area contributed by atoms with E-state index in [0.29, 0.717) is 18.3 Å². The Hall–Kier alpha value is -2.28. The summed E-state index contributed by atoms with van der Waals surface area (Å²) in [5.74, 6) is 2.04. The van der Waals surface area contributed by atoms with Gasteiger partial charge in [-0.3, -0.25) is 4.99 Å². The molecule has 1 aliphatic rings. The molecule has 3 rings (SSSR count). The molecule has 1 saturated heterocycles. The van der Waals surface area contributed by atoms with E-state index in [2.05, 4.69) is 43.2 Å². The highest BCUT2D eigenvalue weighted by molar-refractivity contribution is 6.30. The zero-order chi connectivity index (χ0) is 17.8. The molecule has 0 aliphatic carbocycles. The second kappa shape index (κ2) is 7.74. The fourth-order valence-electron chi connectivity index (χ4n) is 2.98. The van der Waals surface area contributed by atoms with Crippen LogP contribution in [0.5, 0.6) is 0 Å². The van der Waals surface area contributed by atoms with Crippen LogP contribution in [0.15, 0.2) is 27.7 Å². The lowest BCUT2D eigenvalue weighted by Gasteiger charge is -2.38. The topological polar surface area (TPSA) is 69.8 Å². The summed E-state index contributed by atoms with van der Waals surface area (Å²) in [5.41, 5.74) is 2.45. The number of nitrogens with zero attached hydrogens (tertiary/aromatic N) is 5. The maximum atomic E-state index is 6.15. The zero-order valence-corrected chi connectivity index (χ0v) is 15.5. The first-order chi connectivity index (χ1) is 12.1. The zero-order valence-electron chi connectivity index (χ0n) is 14.8. The molecule has 7 nitrogen and oxygen atoms in total. The number of anilines is 1. The quantitative estimate of drug-likeness (QED) is 0.667. The van der Waals surface area contributed by atoms with E-state index < -0.39 is 0 Å². The fourth-order valence-corrected chi connectivity index (χ4v) is 3.15. The van der Waals surface area contributed by atoms with Gasteiger partial charge in [0, 0.05) is 43.9 Å². The molecule has 0 amide bonds. The van der Waals surface area contributed by atoms with Gasteiger partial charge in [-0.25, -0.2) is 0 Å². The van der Waals surface area contributed by atoms with Gasteiger partial charge in [0.25, 0.3) is 0 Å². The average Bonchev–Trinajstić information content (AvgIpc) is 3.03. The van der Waals surface area contributed by atoms with Crippen molar-refractivity contribution in [2.75, 3.05) is 38.1 Å². The van der Waals surface area contributed by atoms with Crippen molar-refractivity contribution in [2.24, 2.45) is 4.99 Å². The average molecular weight is 363 g/mol. The van der Waals surface area contributed by atoms with Crippen molar-refractivity contribution in [3.05, 3.63) is 40.5 Å². The molecule has 134 valence electrons. The third kappa shape index (κ3) is 4.22. The van der Waals surface area contributed by atoms with Crippen LogP contribution < -0.4 is 10.2 Å². The van der Waals surface area contributed by atoms with Gasteiger partial charge in [-0.2, -0.15) is 4.98 Å². The van der Waals surface area contributed by atoms with Crippen molar-refractivity contribution in [2.45, 2.75) is 20.4 Å². The van der Waals surface area contributed by atoms with Crippen LogP contribution in [-0.4, -0.2) is 54.2 Å². The normalized spacial score (nSPS) is 15.6. The molecule has 1 aromatic heterocycles. The minimum atomic E-state index is 0.473. The number of guanidine groups is 1. The van der Waals surface area contributed by atoms with E-state index in [4.69, 9.17) is 16.1 Å². The first-order valence-electron chi connectivity index (χ1n) is 8.32. The third-order valence-electron chi connectivity index (χ3n) is 4.27. The Morgan fingerprint density at radius 2 is 2.04 bits per heavy atom. The molecule has 0 saturated carbocycles. The van der Waals surface area contributed by atoms with Crippen molar-refractivity contribution in [1.82, 2.24) is 20.4 Å². The largest absolute Gasteiger partial charge is 0.368 e. The molecule has 2 heterocycles. The first-order valence-corrected chi connectivity index (χ1v) is 8.70. The summed E-state index contributed by atoms with van der Waals surface area (Å²) in [6.07, 6.45) is 0. The van der Waals surface area contributed by atoms with E-state index in [1.165, 1.54) is 11.3 Å². The lowest BCUT2D eigenvalue weighted by molar-refractivity contribution is 0.353. The number of nitrogens with one attached hydrogen (secondary N) is 1. The van der Waals surface area contributed by atoms with Gasteiger partial charge < -0.3 is 19.6 Å². The number of hydrogen-bond donors (Lipinski definition) is 1. The van der Waals surface area contributed by atoms with E-state index in [1.54, 1.807) is 14.0 Å². The van der Waals surface area contributed by atoms with Gasteiger partial charge in [-0.1, -0.05) is 22.8 Å². The van der Waals surface area contributed by atoms with Gasteiger partial charge >= 0.3 is 0 Å². The Labute approximate surface area is 152 Å². The van der Waals surface area contributed by atoms with Crippen LogP contribution in [0, 0.1) is 13.8 Å². The van der Waals surface area contributed by atoms with Gasteiger partial charge in [0.05, 0.1) is 6.54 Å². The van der Waals surface area contributed by atoms with Crippen LogP contribution in [0.4, 0.5) is 5.69 Å². The molecule has 2 aromatic rings. The molecule has 0 bridgehead atoms. The van der Waals surface area contributed by atoms with E-state index in [9.17, 15) is 0 Å². The minimum absolute atomic E-state index is 0.473. The molecule has 0 atom stereocenters. The van der Waals surface area contributed by atoms with Crippen LogP contribution in [0.3, 0.4) is 0 Å². The monoisotopic (exact) mass is 362 g/mol.